The van der Waals surface area contributed by atoms with E-state index in [0.29, 0.717) is 12.2 Å². The molecule has 1 aliphatic heterocycles. The first kappa shape index (κ1) is 20.0. The third-order valence-electron chi connectivity index (χ3n) is 6.50. The minimum atomic E-state index is -0.286. The molecule has 0 bridgehead atoms. The topological polar surface area (TPSA) is 30.9 Å². The second-order valence-electron chi connectivity index (χ2n) is 8.13. The molecule has 5 heteroatoms. The molecular formula is C24H30FNO3. The zero-order valence-electron chi connectivity index (χ0n) is 17.5. The average Bonchev–Trinajstić information content (AvgIpc) is 2.90. The lowest BCUT2D eigenvalue weighted by molar-refractivity contribution is 0.178. The lowest BCUT2D eigenvalue weighted by Crippen LogP contribution is -2.35. The zero-order chi connectivity index (χ0) is 20.4. The van der Waals surface area contributed by atoms with Crippen molar-refractivity contribution in [2.75, 3.05) is 41.0 Å². The van der Waals surface area contributed by atoms with Crippen LogP contribution in [-0.4, -0.2) is 45.9 Å². The van der Waals surface area contributed by atoms with E-state index in [0.717, 1.165) is 42.4 Å². The van der Waals surface area contributed by atoms with Gasteiger partial charge in [-0.25, -0.2) is 4.39 Å². The summed E-state index contributed by atoms with van der Waals surface area (Å²) in [5.74, 6) is 2.05. The Morgan fingerprint density at radius 2 is 1.79 bits per heavy atom. The summed E-state index contributed by atoms with van der Waals surface area (Å²) < 4.78 is 31.5. The fourth-order valence-corrected chi connectivity index (χ4v) is 4.62. The van der Waals surface area contributed by atoms with Crippen LogP contribution >= 0.6 is 0 Å². The van der Waals surface area contributed by atoms with Gasteiger partial charge in [-0.15, -0.1) is 0 Å². The number of halogens is 1. The molecule has 1 unspecified atom stereocenters. The van der Waals surface area contributed by atoms with Crippen LogP contribution in [0.15, 0.2) is 30.3 Å². The first-order chi connectivity index (χ1) is 14.1. The van der Waals surface area contributed by atoms with Gasteiger partial charge in [0.2, 0.25) is 0 Å². The maximum Gasteiger partial charge on any atom is 0.197 e. The van der Waals surface area contributed by atoms with Crippen LogP contribution < -0.4 is 14.2 Å². The Hall–Kier alpha value is -2.27. The lowest BCUT2D eigenvalue weighted by atomic mass is 9.84. The molecule has 1 saturated carbocycles. The summed E-state index contributed by atoms with van der Waals surface area (Å²) >= 11 is 0. The molecule has 1 heterocycles. The number of methoxy groups -OCH3 is 3. The van der Waals surface area contributed by atoms with Crippen molar-refractivity contribution in [1.82, 2.24) is 4.90 Å². The van der Waals surface area contributed by atoms with Crippen LogP contribution in [0.3, 0.4) is 0 Å². The maximum absolute atomic E-state index is 15.4. The number of hydrogen-bond donors (Lipinski definition) is 0. The van der Waals surface area contributed by atoms with Gasteiger partial charge in [-0.05, 0) is 60.1 Å². The van der Waals surface area contributed by atoms with Gasteiger partial charge < -0.3 is 19.1 Å². The van der Waals surface area contributed by atoms with E-state index in [9.17, 15) is 0 Å². The minimum absolute atomic E-state index is 0.0767. The molecule has 2 aromatic carbocycles. The number of hydrogen-bond acceptors (Lipinski definition) is 4. The predicted octanol–water partition coefficient (Wildman–Crippen LogP) is 4.64. The maximum atomic E-state index is 15.4. The lowest BCUT2D eigenvalue weighted by Gasteiger charge is -2.33. The van der Waals surface area contributed by atoms with Crippen molar-refractivity contribution in [3.05, 3.63) is 52.8 Å². The van der Waals surface area contributed by atoms with Gasteiger partial charge in [0.25, 0.3) is 0 Å². The van der Waals surface area contributed by atoms with Crippen molar-refractivity contribution < 1.29 is 18.6 Å². The van der Waals surface area contributed by atoms with Crippen LogP contribution in [0.5, 0.6) is 17.2 Å². The Balaban J connectivity index is 1.76. The molecule has 4 nitrogen and oxygen atoms in total. The van der Waals surface area contributed by atoms with E-state index >= 15 is 4.39 Å². The van der Waals surface area contributed by atoms with Crippen molar-refractivity contribution in [3.8, 4) is 17.2 Å². The summed E-state index contributed by atoms with van der Waals surface area (Å²) in [6.07, 6.45) is 4.64. The fourth-order valence-electron chi connectivity index (χ4n) is 4.62. The molecule has 0 saturated heterocycles. The van der Waals surface area contributed by atoms with E-state index in [2.05, 4.69) is 17.0 Å². The summed E-state index contributed by atoms with van der Waals surface area (Å²) in [5, 5.41) is 0. The first-order valence-electron chi connectivity index (χ1n) is 10.4. The van der Waals surface area contributed by atoms with Crippen LogP contribution in [0.1, 0.15) is 41.9 Å². The number of rotatable bonds is 6. The Bertz CT molecular complexity index is 848. The normalized spacial score (nSPS) is 19.8. The summed E-state index contributed by atoms with van der Waals surface area (Å²) in [6, 6.07) is 10.1. The van der Waals surface area contributed by atoms with Crippen molar-refractivity contribution in [2.24, 2.45) is 5.92 Å². The molecular weight excluding hydrogens is 369 g/mol. The molecule has 0 radical (unpaired) electrons. The summed E-state index contributed by atoms with van der Waals surface area (Å²) in [7, 11) is 4.72. The number of fused-ring (bicyclic) bond motifs is 1. The van der Waals surface area contributed by atoms with Gasteiger partial charge in [0.05, 0.1) is 21.3 Å². The molecule has 4 rings (SSSR count). The second kappa shape index (κ2) is 8.62. The van der Waals surface area contributed by atoms with E-state index in [4.69, 9.17) is 14.2 Å². The van der Waals surface area contributed by atoms with Gasteiger partial charge in [-0.3, -0.25) is 0 Å². The molecule has 2 aliphatic rings. The molecule has 0 spiro atoms. The Morgan fingerprint density at radius 1 is 1.03 bits per heavy atom. The number of benzene rings is 2. The highest BCUT2D eigenvalue weighted by Crippen LogP contribution is 2.42. The second-order valence-corrected chi connectivity index (χ2v) is 8.13. The van der Waals surface area contributed by atoms with Gasteiger partial charge in [-0.1, -0.05) is 18.6 Å². The fraction of sp³-hybridized carbons (Fsp3) is 0.500. The molecule has 29 heavy (non-hydrogen) atoms. The van der Waals surface area contributed by atoms with Crippen LogP contribution in [0.2, 0.25) is 0 Å². The van der Waals surface area contributed by atoms with E-state index in [1.54, 1.807) is 14.2 Å². The van der Waals surface area contributed by atoms with Crippen molar-refractivity contribution in [3.63, 3.8) is 0 Å². The molecule has 1 aliphatic carbocycles. The van der Waals surface area contributed by atoms with E-state index in [1.807, 2.05) is 18.2 Å². The van der Waals surface area contributed by atoms with E-state index in [-0.39, 0.29) is 17.5 Å². The molecule has 2 aromatic rings. The first-order valence-corrected chi connectivity index (χ1v) is 10.4. The number of nitrogens with zero attached hydrogens (tertiary/aromatic N) is 1. The highest BCUT2D eigenvalue weighted by Gasteiger charge is 2.31. The third kappa shape index (κ3) is 3.93. The highest BCUT2D eigenvalue weighted by atomic mass is 19.1. The van der Waals surface area contributed by atoms with E-state index in [1.165, 1.54) is 31.9 Å². The van der Waals surface area contributed by atoms with Gasteiger partial charge in [0.1, 0.15) is 5.75 Å². The average molecular weight is 400 g/mol. The van der Waals surface area contributed by atoms with Crippen molar-refractivity contribution in [1.29, 1.82) is 0 Å². The summed E-state index contributed by atoms with van der Waals surface area (Å²) in [4.78, 5) is 2.51. The standard InChI is InChI=1S/C24H30FNO3/c1-27-18-9-7-17(8-10-18)21-15-26(14-16-5-4-6-16)12-11-19-20(21)13-22(28-2)24(29-3)23(19)25/h7-10,13,16,21H,4-6,11-12,14-15H2,1-3H3. The van der Waals surface area contributed by atoms with E-state index < -0.39 is 0 Å². The summed E-state index contributed by atoms with van der Waals surface area (Å²) in [6.45, 7) is 2.84. The molecule has 1 fully saturated rings. The van der Waals surface area contributed by atoms with Gasteiger partial charge in [0.15, 0.2) is 17.3 Å². The van der Waals surface area contributed by atoms with Crippen molar-refractivity contribution >= 4 is 0 Å². The van der Waals surface area contributed by atoms with Gasteiger partial charge >= 0.3 is 0 Å². The Labute approximate surface area is 172 Å². The molecule has 0 N–H and O–H groups in total. The highest BCUT2D eigenvalue weighted by molar-refractivity contribution is 5.53. The molecule has 156 valence electrons. The summed E-state index contributed by atoms with van der Waals surface area (Å²) in [5.41, 5.74) is 2.92. The largest absolute Gasteiger partial charge is 0.497 e. The van der Waals surface area contributed by atoms with Crippen molar-refractivity contribution in [2.45, 2.75) is 31.6 Å². The molecule has 0 amide bonds. The van der Waals surface area contributed by atoms with Gasteiger partial charge in [0, 0.05) is 25.6 Å². The molecule has 1 atom stereocenters. The van der Waals surface area contributed by atoms with Crippen LogP contribution in [0, 0.1) is 11.7 Å². The quantitative estimate of drug-likeness (QED) is 0.708. The minimum Gasteiger partial charge on any atom is -0.497 e. The Morgan fingerprint density at radius 3 is 2.38 bits per heavy atom. The third-order valence-corrected chi connectivity index (χ3v) is 6.50. The van der Waals surface area contributed by atoms with Crippen LogP contribution in [0.25, 0.3) is 0 Å². The predicted molar refractivity (Wildman–Crippen MR) is 112 cm³/mol. The molecule has 0 aromatic heterocycles. The van der Waals surface area contributed by atoms with Crippen LogP contribution in [-0.2, 0) is 6.42 Å². The zero-order valence-corrected chi connectivity index (χ0v) is 17.5. The number of ether oxygens (including phenoxy) is 3. The monoisotopic (exact) mass is 399 g/mol. The van der Waals surface area contributed by atoms with Crippen LogP contribution in [0.4, 0.5) is 4.39 Å². The van der Waals surface area contributed by atoms with Gasteiger partial charge in [-0.2, -0.15) is 0 Å². The smallest absolute Gasteiger partial charge is 0.197 e. The SMILES string of the molecule is COc1ccc(C2CN(CC3CCC3)CCc3c2cc(OC)c(OC)c3F)cc1. The Kier molecular flexibility index (Phi) is 5.95.